The first-order valence-corrected chi connectivity index (χ1v) is 6.46. The van der Waals surface area contributed by atoms with Crippen LogP contribution in [0.5, 0.6) is 5.88 Å². The third kappa shape index (κ3) is 2.67. The minimum atomic E-state index is 0.249. The number of hydrogen-bond acceptors (Lipinski definition) is 5. The van der Waals surface area contributed by atoms with Gasteiger partial charge in [-0.3, -0.25) is 0 Å². The minimum absolute atomic E-state index is 0.249. The van der Waals surface area contributed by atoms with Crippen LogP contribution < -0.4 is 10.5 Å². The first-order valence-electron chi connectivity index (χ1n) is 6.46. The highest BCUT2D eigenvalue weighted by molar-refractivity contribution is 5.80. The Morgan fingerprint density at radius 3 is 2.38 bits per heavy atom. The van der Waals surface area contributed by atoms with E-state index in [0.29, 0.717) is 5.88 Å². The van der Waals surface area contributed by atoms with Gasteiger partial charge in [0.15, 0.2) is 0 Å². The van der Waals surface area contributed by atoms with Crippen LogP contribution in [-0.2, 0) is 0 Å². The van der Waals surface area contributed by atoms with Crippen molar-refractivity contribution in [3.63, 3.8) is 0 Å². The molecule has 0 saturated heterocycles. The molecule has 2 N–H and O–H groups in total. The Balaban J connectivity index is 2.13. The molecule has 3 rings (SSSR count). The molecular weight excluding hydrogens is 264 g/mol. The fraction of sp³-hybridized carbons (Fsp3) is 0.0625. The highest BCUT2D eigenvalue weighted by Crippen LogP contribution is 2.30. The second-order valence-electron chi connectivity index (χ2n) is 4.45. The zero-order valence-corrected chi connectivity index (χ0v) is 11.5. The van der Waals surface area contributed by atoms with Gasteiger partial charge in [-0.25, -0.2) is 15.0 Å². The minimum Gasteiger partial charge on any atom is -0.481 e. The van der Waals surface area contributed by atoms with E-state index < -0.39 is 0 Å². The van der Waals surface area contributed by atoms with Crippen molar-refractivity contribution in [2.45, 2.75) is 0 Å². The van der Waals surface area contributed by atoms with Crippen molar-refractivity contribution in [1.29, 1.82) is 0 Å². The van der Waals surface area contributed by atoms with Crippen LogP contribution in [0.1, 0.15) is 0 Å². The lowest BCUT2D eigenvalue weighted by molar-refractivity contribution is 0.398. The van der Waals surface area contributed by atoms with E-state index in [9.17, 15) is 0 Å². The average molecular weight is 278 g/mol. The summed E-state index contributed by atoms with van der Waals surface area (Å²) in [5.74, 6) is 0.815. The van der Waals surface area contributed by atoms with Gasteiger partial charge in [0.25, 0.3) is 0 Å². The largest absolute Gasteiger partial charge is 0.481 e. The highest BCUT2D eigenvalue weighted by Gasteiger charge is 2.11. The molecular formula is C16H14N4O. The van der Waals surface area contributed by atoms with Gasteiger partial charge in [-0.1, -0.05) is 30.3 Å². The lowest BCUT2D eigenvalue weighted by Gasteiger charge is -2.09. The molecule has 0 unspecified atom stereocenters. The Bertz CT molecular complexity index is 742. The molecule has 0 atom stereocenters. The van der Waals surface area contributed by atoms with Gasteiger partial charge in [-0.15, -0.1) is 0 Å². The molecule has 21 heavy (non-hydrogen) atoms. The fourth-order valence-electron chi connectivity index (χ4n) is 2.08. The number of pyridine rings is 1. The standard InChI is InChI=1S/C16H14N4O/c1-21-14-8-7-12(9-18-14)13-10-19-16(17)20-15(13)11-5-3-2-4-6-11/h2-10H,1H3,(H2,17,19,20). The van der Waals surface area contributed by atoms with Crippen molar-refractivity contribution in [3.8, 4) is 28.3 Å². The third-order valence-electron chi connectivity index (χ3n) is 3.11. The average Bonchev–Trinajstić information content (AvgIpc) is 2.56. The molecule has 0 aliphatic heterocycles. The van der Waals surface area contributed by atoms with Crippen LogP contribution in [0.2, 0.25) is 0 Å². The number of ether oxygens (including phenoxy) is 1. The number of nitrogens with two attached hydrogens (primary N) is 1. The maximum Gasteiger partial charge on any atom is 0.220 e. The number of rotatable bonds is 3. The third-order valence-corrected chi connectivity index (χ3v) is 3.11. The van der Waals surface area contributed by atoms with Gasteiger partial charge in [0.1, 0.15) is 0 Å². The predicted molar refractivity (Wildman–Crippen MR) is 81.7 cm³/mol. The van der Waals surface area contributed by atoms with Crippen LogP contribution >= 0.6 is 0 Å². The maximum atomic E-state index is 5.73. The topological polar surface area (TPSA) is 73.9 Å². The van der Waals surface area contributed by atoms with Gasteiger partial charge in [-0.05, 0) is 6.07 Å². The van der Waals surface area contributed by atoms with E-state index in [0.717, 1.165) is 22.4 Å². The highest BCUT2D eigenvalue weighted by atomic mass is 16.5. The summed E-state index contributed by atoms with van der Waals surface area (Å²) in [4.78, 5) is 12.7. The van der Waals surface area contributed by atoms with Crippen molar-refractivity contribution in [2.24, 2.45) is 0 Å². The molecule has 0 fully saturated rings. The monoisotopic (exact) mass is 278 g/mol. The molecule has 0 saturated carbocycles. The fourth-order valence-corrected chi connectivity index (χ4v) is 2.08. The Morgan fingerprint density at radius 2 is 1.71 bits per heavy atom. The number of hydrogen-bond donors (Lipinski definition) is 1. The SMILES string of the molecule is COc1ccc(-c2cnc(N)nc2-c2ccccc2)cn1. The molecule has 104 valence electrons. The van der Waals surface area contributed by atoms with Crippen LogP contribution in [0, 0.1) is 0 Å². The molecule has 0 radical (unpaired) electrons. The number of aromatic nitrogens is 3. The number of nitrogens with zero attached hydrogens (tertiary/aromatic N) is 3. The van der Waals surface area contributed by atoms with Gasteiger partial charge >= 0.3 is 0 Å². The lowest BCUT2D eigenvalue weighted by atomic mass is 10.0. The quantitative estimate of drug-likeness (QED) is 0.797. The van der Waals surface area contributed by atoms with Gasteiger partial charge in [0.2, 0.25) is 11.8 Å². The summed E-state index contributed by atoms with van der Waals surface area (Å²) < 4.78 is 5.08. The van der Waals surface area contributed by atoms with E-state index >= 15 is 0 Å². The molecule has 0 amide bonds. The summed E-state index contributed by atoms with van der Waals surface area (Å²) >= 11 is 0. The first-order chi connectivity index (χ1) is 10.3. The molecule has 0 aliphatic rings. The second kappa shape index (κ2) is 5.58. The van der Waals surface area contributed by atoms with Crippen molar-refractivity contribution in [3.05, 3.63) is 54.9 Å². The van der Waals surface area contributed by atoms with Crippen LogP contribution in [0.3, 0.4) is 0 Å². The van der Waals surface area contributed by atoms with E-state index in [4.69, 9.17) is 10.5 Å². The smallest absolute Gasteiger partial charge is 0.220 e. The van der Waals surface area contributed by atoms with Crippen LogP contribution in [-0.4, -0.2) is 22.1 Å². The van der Waals surface area contributed by atoms with Gasteiger partial charge in [0.05, 0.1) is 12.8 Å². The van der Waals surface area contributed by atoms with Crippen molar-refractivity contribution in [1.82, 2.24) is 15.0 Å². The van der Waals surface area contributed by atoms with Crippen molar-refractivity contribution >= 4 is 5.95 Å². The summed E-state index contributed by atoms with van der Waals surface area (Å²) in [6.07, 6.45) is 3.45. The van der Waals surface area contributed by atoms with E-state index in [1.165, 1.54) is 0 Å². The molecule has 0 bridgehead atoms. The van der Waals surface area contributed by atoms with Gasteiger partial charge in [0, 0.05) is 35.2 Å². The zero-order valence-electron chi connectivity index (χ0n) is 11.5. The summed E-state index contributed by atoms with van der Waals surface area (Å²) in [6, 6.07) is 13.6. The molecule has 0 aliphatic carbocycles. The predicted octanol–water partition coefficient (Wildman–Crippen LogP) is 2.80. The van der Waals surface area contributed by atoms with E-state index in [1.807, 2.05) is 36.4 Å². The van der Waals surface area contributed by atoms with E-state index in [-0.39, 0.29) is 5.95 Å². The van der Waals surface area contributed by atoms with Crippen LogP contribution in [0.4, 0.5) is 5.95 Å². The number of anilines is 1. The van der Waals surface area contributed by atoms with Gasteiger partial charge < -0.3 is 10.5 Å². The molecule has 0 spiro atoms. The summed E-state index contributed by atoms with van der Waals surface area (Å²) in [6.45, 7) is 0. The lowest BCUT2D eigenvalue weighted by Crippen LogP contribution is -1.99. The molecule has 5 nitrogen and oxygen atoms in total. The van der Waals surface area contributed by atoms with Crippen molar-refractivity contribution in [2.75, 3.05) is 12.8 Å². The number of benzene rings is 1. The Hall–Kier alpha value is -2.95. The van der Waals surface area contributed by atoms with Crippen LogP contribution in [0.15, 0.2) is 54.9 Å². The van der Waals surface area contributed by atoms with E-state index in [2.05, 4.69) is 15.0 Å². The molecule has 1 aromatic carbocycles. The number of methoxy groups -OCH3 is 1. The maximum absolute atomic E-state index is 5.73. The first kappa shape index (κ1) is 13.1. The zero-order chi connectivity index (χ0) is 14.7. The second-order valence-corrected chi connectivity index (χ2v) is 4.45. The van der Waals surface area contributed by atoms with Gasteiger partial charge in [-0.2, -0.15) is 0 Å². The summed E-state index contributed by atoms with van der Waals surface area (Å²) in [5.41, 5.74) is 9.29. The Morgan fingerprint density at radius 1 is 0.905 bits per heavy atom. The van der Waals surface area contributed by atoms with Crippen molar-refractivity contribution < 1.29 is 4.74 Å². The summed E-state index contributed by atoms with van der Waals surface area (Å²) in [7, 11) is 1.59. The van der Waals surface area contributed by atoms with Crippen LogP contribution in [0.25, 0.3) is 22.4 Å². The van der Waals surface area contributed by atoms with E-state index in [1.54, 1.807) is 25.6 Å². The Kier molecular flexibility index (Phi) is 3.47. The molecule has 2 heterocycles. The molecule has 5 heteroatoms. The molecule has 3 aromatic rings. The Labute approximate surface area is 122 Å². The number of nitrogen functional groups attached to an aromatic ring is 1. The summed E-state index contributed by atoms with van der Waals surface area (Å²) in [5, 5.41) is 0. The normalized spacial score (nSPS) is 10.3. The molecule has 2 aromatic heterocycles.